The number of benzene rings is 2. The molecule has 3 rings (SSSR count). The van der Waals surface area contributed by atoms with Crippen LogP contribution in [0.1, 0.15) is 21.5 Å². The molecule has 0 aliphatic carbocycles. The zero-order chi connectivity index (χ0) is 18.5. The lowest BCUT2D eigenvalue weighted by Gasteiger charge is -2.09. The van der Waals surface area contributed by atoms with E-state index in [9.17, 15) is 4.79 Å². The van der Waals surface area contributed by atoms with Gasteiger partial charge in [0, 0.05) is 28.2 Å². The van der Waals surface area contributed by atoms with Crippen LogP contribution in [0.25, 0.3) is 0 Å². The third-order valence-corrected chi connectivity index (χ3v) is 4.12. The number of carbonyl (C=O) groups excluding carboxylic acids is 1. The van der Waals surface area contributed by atoms with Crippen LogP contribution in [0, 0.1) is 18.3 Å². The molecule has 0 bridgehead atoms. The molecule has 0 fully saturated rings. The highest BCUT2D eigenvalue weighted by Gasteiger charge is 2.09. The molecule has 0 spiro atoms. The van der Waals surface area contributed by atoms with Gasteiger partial charge in [-0.15, -0.1) is 0 Å². The Balaban J connectivity index is 1.76. The van der Waals surface area contributed by atoms with Gasteiger partial charge < -0.3 is 10.6 Å². The van der Waals surface area contributed by atoms with Crippen LogP contribution >= 0.6 is 11.6 Å². The summed E-state index contributed by atoms with van der Waals surface area (Å²) in [6.45, 7) is 1.90. The summed E-state index contributed by atoms with van der Waals surface area (Å²) in [7, 11) is 0. The molecule has 1 amide bonds. The molecule has 1 aromatic heterocycles. The van der Waals surface area contributed by atoms with Crippen LogP contribution in [0.5, 0.6) is 0 Å². The number of carbonyl (C=O) groups is 1. The summed E-state index contributed by atoms with van der Waals surface area (Å²) < 4.78 is 0. The van der Waals surface area contributed by atoms with E-state index in [1.165, 1.54) is 0 Å². The lowest BCUT2D eigenvalue weighted by atomic mass is 10.2. The van der Waals surface area contributed by atoms with E-state index in [-0.39, 0.29) is 5.91 Å². The molecule has 128 valence electrons. The number of anilines is 3. The first kappa shape index (κ1) is 17.5. The van der Waals surface area contributed by atoms with Gasteiger partial charge in [0.2, 0.25) is 0 Å². The van der Waals surface area contributed by atoms with Crippen molar-refractivity contribution in [1.29, 1.82) is 5.26 Å². The van der Waals surface area contributed by atoms with E-state index in [1.807, 2.05) is 19.1 Å². The average molecular weight is 363 g/mol. The van der Waals surface area contributed by atoms with Gasteiger partial charge in [0.15, 0.2) is 0 Å². The number of nitrogens with zero attached hydrogens (tertiary/aromatic N) is 2. The van der Waals surface area contributed by atoms with Gasteiger partial charge in [-0.3, -0.25) is 4.79 Å². The Morgan fingerprint density at radius 2 is 1.96 bits per heavy atom. The minimum Gasteiger partial charge on any atom is -0.340 e. The molecule has 1 heterocycles. The van der Waals surface area contributed by atoms with Crippen molar-refractivity contribution in [3.8, 4) is 6.07 Å². The van der Waals surface area contributed by atoms with E-state index in [1.54, 1.807) is 48.7 Å². The van der Waals surface area contributed by atoms with Crippen LogP contribution in [-0.2, 0) is 0 Å². The molecule has 0 saturated carbocycles. The highest BCUT2D eigenvalue weighted by molar-refractivity contribution is 6.31. The molecular weight excluding hydrogens is 348 g/mol. The minimum atomic E-state index is -0.263. The van der Waals surface area contributed by atoms with Crippen molar-refractivity contribution in [3.05, 3.63) is 82.5 Å². The molecule has 2 N–H and O–H groups in total. The second-order valence-corrected chi connectivity index (χ2v) is 6.07. The fraction of sp³-hybridized carbons (Fsp3) is 0.0500. The van der Waals surface area contributed by atoms with E-state index in [4.69, 9.17) is 16.9 Å². The Labute approximate surface area is 156 Å². The fourth-order valence-electron chi connectivity index (χ4n) is 2.33. The van der Waals surface area contributed by atoms with Crippen LogP contribution < -0.4 is 10.6 Å². The van der Waals surface area contributed by atoms with Gasteiger partial charge in [-0.2, -0.15) is 5.26 Å². The third-order valence-electron chi connectivity index (χ3n) is 3.72. The van der Waals surface area contributed by atoms with E-state index < -0.39 is 0 Å². The largest absolute Gasteiger partial charge is 0.340 e. The Morgan fingerprint density at radius 3 is 2.73 bits per heavy atom. The maximum absolute atomic E-state index is 12.5. The fourth-order valence-corrected chi connectivity index (χ4v) is 2.51. The highest BCUT2D eigenvalue weighted by atomic mass is 35.5. The standard InChI is InChI=1S/C20H15ClN4O/c1-13-5-6-17(11-18(13)21)25-20(26)15-7-8-23-19(10-15)24-16-4-2-3-14(9-16)12-22/h2-11H,1H3,(H,23,24)(H,25,26). The Hall–Kier alpha value is -3.36. The third kappa shape index (κ3) is 4.18. The number of aryl methyl sites for hydroxylation is 1. The van der Waals surface area contributed by atoms with Crippen LogP contribution in [0.15, 0.2) is 60.8 Å². The molecule has 6 heteroatoms. The van der Waals surface area contributed by atoms with Gasteiger partial charge >= 0.3 is 0 Å². The number of rotatable bonds is 4. The molecule has 0 aliphatic heterocycles. The molecule has 0 atom stereocenters. The summed E-state index contributed by atoms with van der Waals surface area (Å²) in [4.78, 5) is 16.7. The molecule has 0 saturated heterocycles. The van der Waals surface area contributed by atoms with Gasteiger partial charge in [-0.1, -0.05) is 23.7 Å². The number of hydrogen-bond donors (Lipinski definition) is 2. The summed E-state index contributed by atoms with van der Waals surface area (Å²) in [6.07, 6.45) is 1.55. The predicted molar refractivity (Wildman–Crippen MR) is 103 cm³/mol. The molecule has 3 aromatic rings. The SMILES string of the molecule is Cc1ccc(NC(=O)c2ccnc(Nc3cccc(C#N)c3)c2)cc1Cl. The molecule has 0 radical (unpaired) electrons. The maximum Gasteiger partial charge on any atom is 0.255 e. The number of amides is 1. The minimum absolute atomic E-state index is 0.263. The van der Waals surface area contributed by atoms with Crippen molar-refractivity contribution in [3.63, 3.8) is 0 Å². The lowest BCUT2D eigenvalue weighted by molar-refractivity contribution is 0.102. The first-order valence-electron chi connectivity index (χ1n) is 7.86. The summed E-state index contributed by atoms with van der Waals surface area (Å²) in [5, 5.41) is 15.5. The van der Waals surface area contributed by atoms with Crippen LogP contribution in [0.3, 0.4) is 0 Å². The topological polar surface area (TPSA) is 77.8 Å². The maximum atomic E-state index is 12.5. The monoisotopic (exact) mass is 362 g/mol. The molecule has 26 heavy (non-hydrogen) atoms. The first-order valence-corrected chi connectivity index (χ1v) is 8.24. The first-order chi connectivity index (χ1) is 12.5. The number of pyridine rings is 1. The van der Waals surface area contributed by atoms with Crippen molar-refractivity contribution in [1.82, 2.24) is 4.98 Å². The summed E-state index contributed by atoms with van der Waals surface area (Å²) >= 11 is 6.09. The normalized spacial score (nSPS) is 10.0. The van der Waals surface area contributed by atoms with Gasteiger partial charge in [0.1, 0.15) is 5.82 Å². The second kappa shape index (κ2) is 7.68. The molecule has 5 nitrogen and oxygen atoms in total. The van der Waals surface area contributed by atoms with Crippen molar-refractivity contribution in [2.24, 2.45) is 0 Å². The predicted octanol–water partition coefficient (Wildman–Crippen LogP) is 4.91. The Bertz CT molecular complexity index is 1010. The van der Waals surface area contributed by atoms with Crippen molar-refractivity contribution in [2.75, 3.05) is 10.6 Å². The summed E-state index contributed by atoms with van der Waals surface area (Å²) in [5.41, 5.74) is 3.29. The van der Waals surface area contributed by atoms with Crippen LogP contribution in [0.2, 0.25) is 5.02 Å². The van der Waals surface area contributed by atoms with E-state index in [0.717, 1.165) is 11.3 Å². The quantitative estimate of drug-likeness (QED) is 0.691. The smallest absolute Gasteiger partial charge is 0.255 e. The van der Waals surface area contributed by atoms with Crippen LogP contribution in [0.4, 0.5) is 17.2 Å². The number of nitriles is 1. The van der Waals surface area contributed by atoms with Gasteiger partial charge in [-0.05, 0) is 55.0 Å². The van der Waals surface area contributed by atoms with E-state index in [2.05, 4.69) is 21.7 Å². The van der Waals surface area contributed by atoms with Crippen molar-refractivity contribution >= 4 is 34.7 Å². The van der Waals surface area contributed by atoms with Crippen molar-refractivity contribution < 1.29 is 4.79 Å². The van der Waals surface area contributed by atoms with Gasteiger partial charge in [0.05, 0.1) is 11.6 Å². The summed E-state index contributed by atoms with van der Waals surface area (Å²) in [6, 6.07) is 17.7. The number of nitrogens with one attached hydrogen (secondary N) is 2. The van der Waals surface area contributed by atoms with E-state index in [0.29, 0.717) is 27.7 Å². The molecule has 0 aliphatic rings. The van der Waals surface area contributed by atoms with E-state index >= 15 is 0 Å². The van der Waals surface area contributed by atoms with Crippen molar-refractivity contribution in [2.45, 2.75) is 6.92 Å². The zero-order valence-electron chi connectivity index (χ0n) is 14.0. The zero-order valence-corrected chi connectivity index (χ0v) is 14.7. The Kier molecular flexibility index (Phi) is 5.16. The molecule has 2 aromatic carbocycles. The second-order valence-electron chi connectivity index (χ2n) is 5.67. The molecular formula is C20H15ClN4O. The summed E-state index contributed by atoms with van der Waals surface area (Å²) in [5.74, 6) is 0.246. The highest BCUT2D eigenvalue weighted by Crippen LogP contribution is 2.21. The number of halogens is 1. The van der Waals surface area contributed by atoms with Gasteiger partial charge in [-0.25, -0.2) is 4.98 Å². The van der Waals surface area contributed by atoms with Gasteiger partial charge in [0.25, 0.3) is 5.91 Å². The molecule has 0 unspecified atom stereocenters. The number of hydrogen-bond acceptors (Lipinski definition) is 4. The average Bonchev–Trinajstić information content (AvgIpc) is 2.65. The van der Waals surface area contributed by atoms with Crippen LogP contribution in [-0.4, -0.2) is 10.9 Å². The Morgan fingerprint density at radius 1 is 1.12 bits per heavy atom. The number of aromatic nitrogens is 1. The lowest BCUT2D eigenvalue weighted by Crippen LogP contribution is -2.12.